The Hall–Kier alpha value is -3.03. The number of rotatable bonds is 3. The molecule has 2 unspecified atom stereocenters. The molecule has 0 bridgehead atoms. The monoisotopic (exact) mass is 435 g/mol. The highest BCUT2D eigenvalue weighted by molar-refractivity contribution is 6.30. The zero-order valence-electron chi connectivity index (χ0n) is 17.1. The van der Waals surface area contributed by atoms with Gasteiger partial charge in [-0.2, -0.15) is 5.10 Å². The van der Waals surface area contributed by atoms with E-state index < -0.39 is 6.10 Å². The van der Waals surface area contributed by atoms with Crippen LogP contribution in [-0.4, -0.2) is 35.5 Å². The summed E-state index contributed by atoms with van der Waals surface area (Å²) in [7, 11) is 1.84. The van der Waals surface area contributed by atoms with Gasteiger partial charge in [0.1, 0.15) is 11.3 Å². The van der Waals surface area contributed by atoms with Gasteiger partial charge >= 0.3 is 0 Å². The number of aromatic nitrogens is 5. The summed E-state index contributed by atoms with van der Waals surface area (Å²) in [5, 5.41) is 15.6. The van der Waals surface area contributed by atoms with Gasteiger partial charge in [-0.3, -0.25) is 19.0 Å². The highest BCUT2D eigenvalue weighted by atomic mass is 35.5. The second-order valence-electron chi connectivity index (χ2n) is 8.05. The van der Waals surface area contributed by atoms with Gasteiger partial charge in [0, 0.05) is 41.6 Å². The summed E-state index contributed by atoms with van der Waals surface area (Å²) in [6.07, 6.45) is 7.78. The molecule has 0 spiro atoms. The number of aliphatic hydroxyl groups is 1. The first kappa shape index (κ1) is 19.9. The van der Waals surface area contributed by atoms with Crippen molar-refractivity contribution >= 4 is 22.5 Å². The number of nitrogens with zero attached hydrogens (tertiary/aromatic N) is 5. The predicted octanol–water partition coefficient (Wildman–Crippen LogP) is 3.99. The van der Waals surface area contributed by atoms with E-state index in [-0.39, 0.29) is 11.6 Å². The maximum absolute atomic E-state index is 13.8. The standard InChI is InChI=1S/C23H22ClN5O2/c1-28-13-15(12-26-28)20-21-19(9-10-25-20)23(31)29(17-3-2-4-18(30)11-17)22(27-21)14-5-7-16(24)8-6-14/h5-10,12-13,17-18,30H,2-4,11H2,1H3. The van der Waals surface area contributed by atoms with Crippen LogP contribution in [0.15, 0.2) is 53.7 Å². The van der Waals surface area contributed by atoms with Gasteiger partial charge in [0.2, 0.25) is 0 Å². The Morgan fingerprint density at radius 2 is 1.94 bits per heavy atom. The minimum atomic E-state index is -0.414. The summed E-state index contributed by atoms with van der Waals surface area (Å²) in [4.78, 5) is 23.2. The molecule has 0 radical (unpaired) electrons. The van der Waals surface area contributed by atoms with Crippen LogP contribution in [0, 0.1) is 0 Å². The van der Waals surface area contributed by atoms with Crippen LogP contribution in [0.5, 0.6) is 0 Å². The molecule has 31 heavy (non-hydrogen) atoms. The van der Waals surface area contributed by atoms with Crippen LogP contribution in [0.3, 0.4) is 0 Å². The zero-order valence-corrected chi connectivity index (χ0v) is 17.8. The first-order chi connectivity index (χ1) is 15.0. The number of halogens is 1. The van der Waals surface area contributed by atoms with Crippen molar-refractivity contribution in [2.45, 2.75) is 37.8 Å². The third kappa shape index (κ3) is 3.64. The minimum absolute atomic E-state index is 0.117. The van der Waals surface area contributed by atoms with E-state index in [1.807, 2.05) is 25.4 Å². The summed E-state index contributed by atoms with van der Waals surface area (Å²) in [6, 6.07) is 8.91. The van der Waals surface area contributed by atoms with Crippen LogP contribution in [0.1, 0.15) is 31.7 Å². The summed E-state index contributed by atoms with van der Waals surface area (Å²) < 4.78 is 3.45. The van der Waals surface area contributed by atoms with Gasteiger partial charge in [0.05, 0.1) is 23.4 Å². The Morgan fingerprint density at radius 1 is 1.13 bits per heavy atom. The first-order valence-electron chi connectivity index (χ1n) is 10.4. The molecule has 158 valence electrons. The molecule has 1 fully saturated rings. The number of aryl methyl sites for hydroxylation is 1. The molecule has 1 saturated carbocycles. The number of fused-ring (bicyclic) bond motifs is 1. The average molecular weight is 436 g/mol. The van der Waals surface area contributed by atoms with Crippen LogP contribution in [0.4, 0.5) is 0 Å². The molecule has 7 nitrogen and oxygen atoms in total. The van der Waals surface area contributed by atoms with E-state index in [0.717, 1.165) is 30.4 Å². The average Bonchev–Trinajstić information content (AvgIpc) is 3.20. The summed E-state index contributed by atoms with van der Waals surface area (Å²) in [5.74, 6) is 0.561. The molecule has 0 aliphatic heterocycles. The quantitative estimate of drug-likeness (QED) is 0.526. The van der Waals surface area contributed by atoms with Crippen molar-refractivity contribution in [3.8, 4) is 22.6 Å². The Morgan fingerprint density at radius 3 is 2.65 bits per heavy atom. The molecule has 1 N–H and O–H groups in total. The lowest BCUT2D eigenvalue weighted by atomic mass is 9.92. The molecule has 3 aromatic heterocycles. The molecule has 2 atom stereocenters. The molecule has 8 heteroatoms. The van der Waals surface area contributed by atoms with Crippen molar-refractivity contribution in [1.29, 1.82) is 0 Å². The first-order valence-corrected chi connectivity index (χ1v) is 10.7. The summed E-state index contributed by atoms with van der Waals surface area (Å²) in [5.41, 5.74) is 2.63. The molecular weight excluding hydrogens is 414 g/mol. The molecule has 4 aromatic rings. The fraction of sp³-hybridized carbons (Fsp3) is 0.304. The minimum Gasteiger partial charge on any atom is -0.393 e. The van der Waals surface area contributed by atoms with Gasteiger partial charge in [-0.25, -0.2) is 4.98 Å². The van der Waals surface area contributed by atoms with Crippen LogP contribution in [0.25, 0.3) is 33.5 Å². The van der Waals surface area contributed by atoms with Gasteiger partial charge in [0.15, 0.2) is 0 Å². The number of pyridine rings is 1. The van der Waals surface area contributed by atoms with Crippen molar-refractivity contribution < 1.29 is 5.11 Å². The molecule has 3 heterocycles. The van der Waals surface area contributed by atoms with Crippen molar-refractivity contribution in [3.05, 3.63) is 64.3 Å². The van der Waals surface area contributed by atoms with Gasteiger partial charge in [0.25, 0.3) is 5.56 Å². The van der Waals surface area contributed by atoms with Crippen LogP contribution >= 0.6 is 11.6 Å². The molecule has 1 aliphatic rings. The van der Waals surface area contributed by atoms with E-state index in [1.165, 1.54) is 0 Å². The van der Waals surface area contributed by atoms with E-state index in [4.69, 9.17) is 16.6 Å². The maximum Gasteiger partial charge on any atom is 0.262 e. The fourth-order valence-corrected chi connectivity index (χ4v) is 4.52. The Kier molecular flexibility index (Phi) is 5.08. The number of hydrogen-bond donors (Lipinski definition) is 1. The topological polar surface area (TPSA) is 85.8 Å². The van der Waals surface area contributed by atoms with E-state index in [1.54, 1.807) is 39.8 Å². The molecule has 0 saturated heterocycles. The molecule has 0 amide bonds. The molecule has 1 aromatic carbocycles. The van der Waals surface area contributed by atoms with Gasteiger partial charge in [-0.05, 0) is 56.0 Å². The smallest absolute Gasteiger partial charge is 0.262 e. The van der Waals surface area contributed by atoms with Gasteiger partial charge in [-0.1, -0.05) is 11.6 Å². The third-order valence-corrected chi connectivity index (χ3v) is 6.14. The summed E-state index contributed by atoms with van der Waals surface area (Å²) >= 11 is 6.10. The number of benzene rings is 1. The van der Waals surface area contributed by atoms with E-state index in [2.05, 4.69) is 10.1 Å². The lowest BCUT2D eigenvalue weighted by Crippen LogP contribution is -2.32. The maximum atomic E-state index is 13.8. The molecular formula is C23H22ClN5O2. The summed E-state index contributed by atoms with van der Waals surface area (Å²) in [6.45, 7) is 0. The zero-order chi connectivity index (χ0) is 21.5. The van der Waals surface area contributed by atoms with E-state index in [9.17, 15) is 9.90 Å². The lowest BCUT2D eigenvalue weighted by molar-refractivity contribution is 0.103. The third-order valence-electron chi connectivity index (χ3n) is 5.88. The second-order valence-corrected chi connectivity index (χ2v) is 8.49. The normalized spacial score (nSPS) is 19.1. The van der Waals surface area contributed by atoms with Crippen molar-refractivity contribution in [2.75, 3.05) is 0 Å². The van der Waals surface area contributed by atoms with Crippen LogP contribution < -0.4 is 5.56 Å². The Balaban J connectivity index is 1.80. The van der Waals surface area contributed by atoms with Gasteiger partial charge in [-0.15, -0.1) is 0 Å². The largest absolute Gasteiger partial charge is 0.393 e. The Labute approximate surface area is 184 Å². The van der Waals surface area contributed by atoms with E-state index in [0.29, 0.717) is 33.9 Å². The molecule has 1 aliphatic carbocycles. The van der Waals surface area contributed by atoms with Crippen molar-refractivity contribution in [1.82, 2.24) is 24.3 Å². The van der Waals surface area contributed by atoms with Crippen molar-refractivity contribution in [2.24, 2.45) is 7.05 Å². The van der Waals surface area contributed by atoms with Crippen LogP contribution in [-0.2, 0) is 7.05 Å². The highest BCUT2D eigenvalue weighted by Gasteiger charge is 2.27. The number of hydrogen-bond acceptors (Lipinski definition) is 5. The van der Waals surface area contributed by atoms with E-state index >= 15 is 0 Å². The number of aliphatic hydroxyl groups excluding tert-OH is 1. The molecule has 5 rings (SSSR count). The highest BCUT2D eigenvalue weighted by Crippen LogP contribution is 2.33. The van der Waals surface area contributed by atoms with Gasteiger partial charge < -0.3 is 5.11 Å². The predicted molar refractivity (Wildman–Crippen MR) is 120 cm³/mol. The SMILES string of the molecule is Cn1cc(-c2nccc3c(=O)n(C4CCCC(O)C4)c(-c4ccc(Cl)cc4)nc23)cn1. The Bertz CT molecular complexity index is 1310. The fourth-order valence-electron chi connectivity index (χ4n) is 4.39. The van der Waals surface area contributed by atoms with Crippen LogP contribution in [0.2, 0.25) is 5.02 Å². The lowest BCUT2D eigenvalue weighted by Gasteiger charge is -2.29. The van der Waals surface area contributed by atoms with Crippen molar-refractivity contribution in [3.63, 3.8) is 0 Å². The second kappa shape index (κ2) is 7.90.